The molecule has 3 heterocycles. The minimum atomic E-state index is 0.0601. The fourth-order valence-electron chi connectivity index (χ4n) is 2.83. The molecule has 0 bridgehead atoms. The maximum atomic E-state index is 12.1. The van der Waals surface area contributed by atoms with Gasteiger partial charge in [-0.25, -0.2) is 4.98 Å². The molecule has 2 aliphatic heterocycles. The van der Waals surface area contributed by atoms with Crippen LogP contribution in [-0.2, 0) is 6.42 Å². The van der Waals surface area contributed by atoms with Crippen LogP contribution in [0.15, 0.2) is 27.1 Å². The summed E-state index contributed by atoms with van der Waals surface area (Å²) in [6, 6.07) is 1.73. The Morgan fingerprint density at radius 3 is 2.32 bits per heavy atom. The minimum absolute atomic E-state index is 0.0601. The van der Waals surface area contributed by atoms with E-state index in [1.807, 2.05) is 46.1 Å². The highest BCUT2D eigenvalue weighted by molar-refractivity contribution is 5.93. The predicted molar refractivity (Wildman–Crippen MR) is 93.7 cm³/mol. The normalized spacial score (nSPS) is 18.9. The lowest BCUT2D eigenvalue weighted by atomic mass is 10.0. The van der Waals surface area contributed by atoms with Crippen LogP contribution in [0.4, 0.5) is 0 Å². The van der Waals surface area contributed by atoms with Crippen molar-refractivity contribution in [2.24, 2.45) is 4.99 Å². The van der Waals surface area contributed by atoms with Gasteiger partial charge in [0.2, 0.25) is 0 Å². The van der Waals surface area contributed by atoms with Gasteiger partial charge in [0.15, 0.2) is 0 Å². The third-order valence-corrected chi connectivity index (χ3v) is 3.87. The van der Waals surface area contributed by atoms with Crippen LogP contribution in [0, 0.1) is 6.92 Å². The lowest BCUT2D eigenvalue weighted by Crippen LogP contribution is -2.28. The SMILES string of the molecule is CC.CC.CC1=C(C)N=C(C2CCc3nc(C)cc(=O)n32)C1. The standard InChI is InChI=1S/C14H17N3O.2C2H6/c1-8-6-11(16-10(8)3)12-4-5-13-15-9(2)7-14(18)17(12)13;2*1-2/h7,12H,4-6H2,1-3H3;2*1-2H3. The number of aliphatic imine (C=N–C) groups is 1. The van der Waals surface area contributed by atoms with Gasteiger partial charge >= 0.3 is 0 Å². The van der Waals surface area contributed by atoms with E-state index in [1.54, 1.807) is 6.07 Å². The summed E-state index contributed by atoms with van der Waals surface area (Å²) < 4.78 is 1.83. The first-order valence-corrected chi connectivity index (χ1v) is 8.39. The van der Waals surface area contributed by atoms with Gasteiger partial charge in [-0.3, -0.25) is 14.4 Å². The molecule has 4 nitrogen and oxygen atoms in total. The molecular weight excluding hydrogens is 274 g/mol. The summed E-state index contributed by atoms with van der Waals surface area (Å²) in [5.41, 5.74) is 4.41. The monoisotopic (exact) mass is 303 g/mol. The molecule has 1 aromatic heterocycles. The van der Waals surface area contributed by atoms with E-state index < -0.39 is 0 Å². The molecule has 2 aliphatic rings. The summed E-state index contributed by atoms with van der Waals surface area (Å²) in [5.74, 6) is 0.912. The smallest absolute Gasteiger partial charge is 0.254 e. The molecule has 0 saturated heterocycles. The predicted octanol–water partition coefficient (Wildman–Crippen LogP) is 4.23. The third-order valence-electron chi connectivity index (χ3n) is 3.87. The Balaban J connectivity index is 0.000000561. The second-order valence-electron chi connectivity index (χ2n) is 5.22. The van der Waals surface area contributed by atoms with E-state index in [-0.39, 0.29) is 11.6 Å². The molecule has 0 aromatic carbocycles. The Hall–Kier alpha value is -1.71. The average molecular weight is 303 g/mol. The van der Waals surface area contributed by atoms with Gasteiger partial charge in [-0.15, -0.1) is 0 Å². The van der Waals surface area contributed by atoms with Crippen molar-refractivity contribution in [3.05, 3.63) is 39.2 Å². The van der Waals surface area contributed by atoms with E-state index in [4.69, 9.17) is 0 Å². The molecule has 0 N–H and O–H groups in total. The lowest BCUT2D eigenvalue weighted by Gasteiger charge is -2.14. The van der Waals surface area contributed by atoms with E-state index in [9.17, 15) is 4.79 Å². The molecule has 0 fully saturated rings. The number of aryl methyl sites for hydroxylation is 2. The van der Waals surface area contributed by atoms with Crippen molar-refractivity contribution < 1.29 is 0 Å². The Labute approximate surface area is 134 Å². The first-order chi connectivity index (χ1) is 10.6. The first-order valence-electron chi connectivity index (χ1n) is 8.39. The maximum absolute atomic E-state index is 12.1. The molecule has 0 spiro atoms. The van der Waals surface area contributed by atoms with Gasteiger partial charge in [0.25, 0.3) is 5.56 Å². The van der Waals surface area contributed by atoms with Crippen LogP contribution in [0.5, 0.6) is 0 Å². The van der Waals surface area contributed by atoms with Crippen molar-refractivity contribution in [3.63, 3.8) is 0 Å². The van der Waals surface area contributed by atoms with Crippen LogP contribution in [0.2, 0.25) is 0 Å². The van der Waals surface area contributed by atoms with Crippen molar-refractivity contribution >= 4 is 5.71 Å². The summed E-state index contributed by atoms with van der Waals surface area (Å²) in [6.45, 7) is 14.0. The highest BCUT2D eigenvalue weighted by atomic mass is 16.1. The van der Waals surface area contributed by atoms with Crippen LogP contribution in [0.1, 0.15) is 71.9 Å². The zero-order valence-electron chi connectivity index (χ0n) is 15.0. The summed E-state index contributed by atoms with van der Waals surface area (Å²) in [6.07, 6.45) is 2.72. The van der Waals surface area contributed by atoms with Crippen molar-refractivity contribution in [2.45, 2.75) is 73.8 Å². The molecule has 22 heavy (non-hydrogen) atoms. The molecule has 122 valence electrons. The molecular formula is C18H29N3O. The van der Waals surface area contributed by atoms with Gasteiger partial charge in [-0.05, 0) is 32.8 Å². The van der Waals surface area contributed by atoms with Gasteiger partial charge in [0.1, 0.15) is 5.82 Å². The van der Waals surface area contributed by atoms with Gasteiger partial charge in [-0.1, -0.05) is 27.7 Å². The van der Waals surface area contributed by atoms with Crippen molar-refractivity contribution in [3.8, 4) is 0 Å². The van der Waals surface area contributed by atoms with E-state index in [0.717, 1.165) is 42.2 Å². The van der Waals surface area contributed by atoms with Crippen LogP contribution in [0.25, 0.3) is 0 Å². The third kappa shape index (κ3) is 3.54. The highest BCUT2D eigenvalue weighted by Crippen LogP contribution is 2.31. The van der Waals surface area contributed by atoms with Gasteiger partial charge in [0.05, 0.1) is 6.04 Å². The van der Waals surface area contributed by atoms with Crippen molar-refractivity contribution in [1.29, 1.82) is 0 Å². The maximum Gasteiger partial charge on any atom is 0.254 e. The second-order valence-corrected chi connectivity index (χ2v) is 5.22. The van der Waals surface area contributed by atoms with Crippen LogP contribution in [-0.4, -0.2) is 15.3 Å². The zero-order chi connectivity index (χ0) is 16.9. The number of allylic oxidation sites excluding steroid dienone is 2. The number of hydrogen-bond acceptors (Lipinski definition) is 3. The van der Waals surface area contributed by atoms with Gasteiger partial charge in [0, 0.05) is 36.0 Å². The zero-order valence-corrected chi connectivity index (χ0v) is 15.0. The first kappa shape index (κ1) is 18.3. The van der Waals surface area contributed by atoms with Crippen LogP contribution >= 0.6 is 0 Å². The fraction of sp³-hybridized carbons (Fsp3) is 0.611. The van der Waals surface area contributed by atoms with Crippen LogP contribution in [0.3, 0.4) is 0 Å². The Bertz CT molecular complexity index is 638. The molecule has 0 aliphatic carbocycles. The summed E-state index contributed by atoms with van der Waals surface area (Å²) in [7, 11) is 0. The Morgan fingerprint density at radius 2 is 1.77 bits per heavy atom. The highest BCUT2D eigenvalue weighted by Gasteiger charge is 2.30. The molecule has 3 rings (SSSR count). The van der Waals surface area contributed by atoms with E-state index in [2.05, 4.69) is 16.9 Å². The van der Waals surface area contributed by atoms with E-state index in [1.165, 1.54) is 5.57 Å². The lowest BCUT2D eigenvalue weighted by molar-refractivity contribution is 0.641. The second kappa shape index (κ2) is 8.06. The Kier molecular flexibility index (Phi) is 6.72. The number of rotatable bonds is 1. The largest absolute Gasteiger partial charge is 0.288 e. The molecule has 0 saturated carbocycles. The van der Waals surface area contributed by atoms with Crippen molar-refractivity contribution in [1.82, 2.24) is 9.55 Å². The van der Waals surface area contributed by atoms with Gasteiger partial charge in [-0.2, -0.15) is 0 Å². The average Bonchev–Trinajstić information content (AvgIpc) is 3.07. The van der Waals surface area contributed by atoms with Crippen LogP contribution < -0.4 is 5.56 Å². The topological polar surface area (TPSA) is 47.2 Å². The molecule has 4 heteroatoms. The number of hydrogen-bond donors (Lipinski definition) is 0. The summed E-state index contributed by atoms with van der Waals surface area (Å²) in [5, 5.41) is 0. The summed E-state index contributed by atoms with van der Waals surface area (Å²) in [4.78, 5) is 21.2. The number of fused-ring (bicyclic) bond motifs is 1. The van der Waals surface area contributed by atoms with Crippen molar-refractivity contribution in [2.75, 3.05) is 0 Å². The Morgan fingerprint density at radius 1 is 1.14 bits per heavy atom. The molecule has 1 atom stereocenters. The quantitative estimate of drug-likeness (QED) is 0.779. The minimum Gasteiger partial charge on any atom is -0.288 e. The number of nitrogens with zero attached hydrogens (tertiary/aromatic N) is 3. The van der Waals surface area contributed by atoms with Gasteiger partial charge < -0.3 is 0 Å². The molecule has 0 amide bonds. The molecule has 0 radical (unpaired) electrons. The summed E-state index contributed by atoms with van der Waals surface area (Å²) >= 11 is 0. The molecule has 1 aromatic rings. The van der Waals surface area contributed by atoms with E-state index >= 15 is 0 Å². The fourth-order valence-corrected chi connectivity index (χ4v) is 2.83. The van der Waals surface area contributed by atoms with E-state index in [0.29, 0.717) is 0 Å². The molecule has 1 unspecified atom stereocenters. The number of aromatic nitrogens is 2.